The van der Waals surface area contributed by atoms with Crippen molar-refractivity contribution in [3.63, 3.8) is 0 Å². The number of pyridine rings is 1. The first-order valence-corrected chi connectivity index (χ1v) is 12.7. The zero-order valence-electron chi connectivity index (χ0n) is 17.4. The summed E-state index contributed by atoms with van der Waals surface area (Å²) in [4.78, 5) is 7.20. The summed E-state index contributed by atoms with van der Waals surface area (Å²) in [5.74, 6) is 3.35. The molecule has 0 saturated heterocycles. The van der Waals surface area contributed by atoms with Crippen molar-refractivity contribution in [2.75, 3.05) is 11.5 Å². The molecule has 0 aliphatic heterocycles. The number of fused-ring (bicyclic) bond motifs is 1. The van der Waals surface area contributed by atoms with Crippen LogP contribution in [0.4, 0.5) is 5.69 Å². The minimum Gasteiger partial charge on any atom is -0.397 e. The number of anilines is 1. The molecule has 4 rings (SSSR count). The molecule has 2 nitrogen and oxygen atoms in total. The SMILES string of the molecule is C#CC.CCCCSc1sc2nc(-c3cccs3)cc(C3=CC=CCC=C3)c2c1N. The molecule has 0 spiro atoms. The Labute approximate surface area is 191 Å². The Morgan fingerprint density at radius 3 is 2.90 bits per heavy atom. The Kier molecular flexibility index (Phi) is 8.39. The molecule has 0 bridgehead atoms. The summed E-state index contributed by atoms with van der Waals surface area (Å²) < 4.78 is 1.20. The van der Waals surface area contributed by atoms with Gasteiger partial charge in [0.15, 0.2) is 0 Å². The van der Waals surface area contributed by atoms with Crippen LogP contribution < -0.4 is 5.73 Å². The van der Waals surface area contributed by atoms with Gasteiger partial charge in [-0.15, -0.1) is 46.8 Å². The van der Waals surface area contributed by atoms with E-state index in [0.717, 1.165) is 33.8 Å². The van der Waals surface area contributed by atoms with E-state index < -0.39 is 0 Å². The maximum atomic E-state index is 6.62. The van der Waals surface area contributed by atoms with Gasteiger partial charge in [-0.05, 0) is 54.2 Å². The molecule has 3 heterocycles. The lowest BCUT2D eigenvalue weighted by molar-refractivity contribution is 0.897. The second-order valence-electron chi connectivity index (χ2n) is 6.69. The fourth-order valence-corrected chi connectivity index (χ4v) is 6.19. The van der Waals surface area contributed by atoms with E-state index in [0.29, 0.717) is 0 Å². The molecule has 0 radical (unpaired) electrons. The first-order valence-electron chi connectivity index (χ1n) is 10.00. The van der Waals surface area contributed by atoms with E-state index in [9.17, 15) is 0 Å². The van der Waals surface area contributed by atoms with Crippen molar-refractivity contribution in [3.05, 3.63) is 59.5 Å². The first kappa shape index (κ1) is 22.4. The standard InChI is InChI=1S/C22H22N2S3.C3H4/c1-2-3-12-26-22-20(23)19-16(15-9-6-4-5-7-10-15)14-17(24-21(19)27-22)18-11-8-13-25-18;1-3-2/h4,6-11,13-14H,2-3,5,12,23H2,1H3;1H,2H3. The van der Waals surface area contributed by atoms with Gasteiger partial charge in [0.25, 0.3) is 0 Å². The second-order valence-corrected chi connectivity index (χ2v) is 10.0. The molecule has 0 unspecified atom stereocenters. The predicted octanol–water partition coefficient (Wildman–Crippen LogP) is 8.04. The van der Waals surface area contributed by atoms with Crippen LogP contribution in [0.25, 0.3) is 26.4 Å². The van der Waals surface area contributed by atoms with E-state index in [1.807, 2.05) is 11.8 Å². The van der Waals surface area contributed by atoms with Crippen LogP contribution in [0.5, 0.6) is 0 Å². The maximum Gasteiger partial charge on any atom is 0.127 e. The van der Waals surface area contributed by atoms with E-state index in [1.54, 1.807) is 29.6 Å². The largest absolute Gasteiger partial charge is 0.397 e. The van der Waals surface area contributed by atoms with E-state index in [-0.39, 0.29) is 0 Å². The number of allylic oxidation sites excluding steroid dienone is 6. The van der Waals surface area contributed by atoms with Crippen molar-refractivity contribution >= 4 is 55.9 Å². The van der Waals surface area contributed by atoms with Crippen LogP contribution in [0, 0.1) is 12.3 Å². The van der Waals surface area contributed by atoms with Crippen molar-refractivity contribution < 1.29 is 0 Å². The van der Waals surface area contributed by atoms with Gasteiger partial charge in [-0.1, -0.05) is 49.8 Å². The average molecular weight is 451 g/mol. The third kappa shape index (κ3) is 5.26. The molecule has 3 aromatic heterocycles. The van der Waals surface area contributed by atoms with Crippen LogP contribution in [-0.2, 0) is 0 Å². The molecule has 0 fully saturated rings. The molecule has 154 valence electrons. The van der Waals surface area contributed by atoms with Crippen molar-refractivity contribution in [3.8, 4) is 22.9 Å². The second kappa shape index (κ2) is 11.2. The summed E-state index contributed by atoms with van der Waals surface area (Å²) >= 11 is 5.32. The third-order valence-electron chi connectivity index (χ3n) is 4.46. The van der Waals surface area contributed by atoms with Gasteiger partial charge in [-0.2, -0.15) is 0 Å². The number of nitrogens with zero attached hydrogens (tertiary/aromatic N) is 1. The van der Waals surface area contributed by atoms with E-state index in [4.69, 9.17) is 10.7 Å². The number of hydrogen-bond donors (Lipinski definition) is 1. The van der Waals surface area contributed by atoms with Crippen molar-refractivity contribution in [1.82, 2.24) is 4.98 Å². The molecule has 0 atom stereocenters. The number of unbranched alkanes of at least 4 members (excludes halogenated alkanes) is 1. The number of thioether (sulfide) groups is 1. The van der Waals surface area contributed by atoms with Gasteiger partial charge in [0.2, 0.25) is 0 Å². The van der Waals surface area contributed by atoms with Crippen LogP contribution in [0.1, 0.15) is 38.7 Å². The Balaban J connectivity index is 0.000000806. The van der Waals surface area contributed by atoms with Crippen molar-refractivity contribution in [2.45, 2.75) is 37.3 Å². The lowest BCUT2D eigenvalue weighted by atomic mass is 10.0. The van der Waals surface area contributed by atoms with Crippen LogP contribution >= 0.6 is 34.4 Å². The highest BCUT2D eigenvalue weighted by Gasteiger charge is 2.18. The number of nitrogens with two attached hydrogens (primary N) is 1. The Hall–Kier alpha value is -2.26. The zero-order valence-corrected chi connectivity index (χ0v) is 19.8. The molecule has 5 heteroatoms. The number of hydrogen-bond acceptors (Lipinski definition) is 5. The van der Waals surface area contributed by atoms with Crippen molar-refractivity contribution in [1.29, 1.82) is 0 Å². The topological polar surface area (TPSA) is 38.9 Å². The summed E-state index contributed by atoms with van der Waals surface area (Å²) in [6.07, 6.45) is 18.9. The van der Waals surface area contributed by atoms with E-state index >= 15 is 0 Å². The fourth-order valence-electron chi connectivity index (χ4n) is 3.05. The summed E-state index contributed by atoms with van der Waals surface area (Å²) in [5.41, 5.74) is 10.9. The van der Waals surface area contributed by atoms with Crippen LogP contribution in [0.3, 0.4) is 0 Å². The number of aromatic nitrogens is 1. The number of rotatable bonds is 6. The molecule has 3 aromatic rings. The minimum atomic E-state index is 0.888. The fraction of sp³-hybridized carbons (Fsp3) is 0.240. The molecule has 2 N–H and O–H groups in total. The molecule has 0 saturated carbocycles. The van der Waals surface area contributed by atoms with Gasteiger partial charge in [-0.3, -0.25) is 0 Å². The number of terminal acetylenes is 1. The van der Waals surface area contributed by atoms with Crippen molar-refractivity contribution in [2.24, 2.45) is 0 Å². The van der Waals surface area contributed by atoms with Crippen LogP contribution in [-0.4, -0.2) is 10.7 Å². The number of thiophene rings is 2. The van der Waals surface area contributed by atoms with Crippen LogP contribution in [0.2, 0.25) is 0 Å². The van der Waals surface area contributed by atoms with E-state index in [1.165, 1.54) is 33.1 Å². The molecule has 1 aliphatic rings. The molecule has 30 heavy (non-hydrogen) atoms. The molecular weight excluding hydrogens is 424 g/mol. The van der Waals surface area contributed by atoms with Crippen LogP contribution in [0.15, 0.2) is 58.2 Å². The normalized spacial score (nSPS) is 12.8. The highest BCUT2D eigenvalue weighted by Crippen LogP contribution is 2.44. The Bertz CT molecular complexity index is 1110. The smallest absolute Gasteiger partial charge is 0.127 e. The predicted molar refractivity (Wildman–Crippen MR) is 138 cm³/mol. The monoisotopic (exact) mass is 450 g/mol. The molecule has 1 aliphatic carbocycles. The lowest BCUT2D eigenvalue weighted by Crippen LogP contribution is -1.92. The van der Waals surface area contributed by atoms with Gasteiger partial charge in [0.1, 0.15) is 4.83 Å². The number of nitrogen functional groups attached to an aromatic ring is 1. The lowest BCUT2D eigenvalue weighted by Gasteiger charge is -2.08. The van der Waals surface area contributed by atoms with E-state index in [2.05, 4.69) is 73.2 Å². The highest BCUT2D eigenvalue weighted by molar-refractivity contribution is 8.01. The zero-order chi connectivity index (χ0) is 21.3. The van der Waals surface area contributed by atoms with Gasteiger partial charge in [-0.25, -0.2) is 4.98 Å². The first-order chi connectivity index (χ1) is 14.7. The van der Waals surface area contributed by atoms with Gasteiger partial charge < -0.3 is 5.73 Å². The molecule has 0 amide bonds. The average Bonchev–Trinajstić information content (AvgIpc) is 3.29. The highest BCUT2D eigenvalue weighted by atomic mass is 32.2. The molecular formula is C25H26N2S3. The summed E-state index contributed by atoms with van der Waals surface area (Å²) in [6, 6.07) is 6.41. The summed E-state index contributed by atoms with van der Waals surface area (Å²) in [6.45, 7) is 3.88. The van der Waals surface area contributed by atoms with Gasteiger partial charge in [0, 0.05) is 5.39 Å². The molecule has 0 aromatic carbocycles. The van der Waals surface area contributed by atoms with Gasteiger partial charge in [0.05, 0.1) is 20.5 Å². The summed E-state index contributed by atoms with van der Waals surface area (Å²) in [5, 5.41) is 3.20. The third-order valence-corrected chi connectivity index (χ3v) is 7.83. The Morgan fingerprint density at radius 2 is 2.17 bits per heavy atom. The Morgan fingerprint density at radius 1 is 1.33 bits per heavy atom. The van der Waals surface area contributed by atoms with Gasteiger partial charge >= 0.3 is 0 Å². The summed E-state index contributed by atoms with van der Waals surface area (Å²) in [7, 11) is 0. The minimum absolute atomic E-state index is 0.888. The quantitative estimate of drug-likeness (QED) is 0.235. The maximum absolute atomic E-state index is 6.62.